The minimum atomic E-state index is -0.0788. The van der Waals surface area contributed by atoms with E-state index >= 15 is 0 Å². The first-order chi connectivity index (χ1) is 40.5. The fourth-order valence-electron chi connectivity index (χ4n) is 12.6. The molecule has 1 aliphatic heterocycles. The number of pyridine rings is 1. The number of benzene rings is 10. The van der Waals surface area contributed by atoms with E-state index in [4.69, 9.17) is 9.72 Å². The average Bonchev–Trinajstić information content (AvgIpc) is 2.63. The maximum absolute atomic E-state index is 7.08. The van der Waals surface area contributed by atoms with Gasteiger partial charge >= 0.3 is 0 Å². The Bertz CT molecular complexity index is 4540. The van der Waals surface area contributed by atoms with E-state index in [1.807, 2.05) is 6.20 Å². The highest BCUT2D eigenvalue weighted by molar-refractivity contribution is 6.13. The molecule has 6 heteroatoms. The summed E-state index contributed by atoms with van der Waals surface area (Å²) in [6, 6.07) is 86.4. The minimum absolute atomic E-state index is 0.0719. The highest BCUT2D eigenvalue weighted by atomic mass is 16.5. The Morgan fingerprint density at radius 3 is 1.56 bits per heavy atom. The fourth-order valence-corrected chi connectivity index (χ4v) is 12.6. The van der Waals surface area contributed by atoms with Gasteiger partial charge in [-0.2, -0.15) is 0 Å². The molecule has 0 fully saturated rings. The lowest BCUT2D eigenvalue weighted by atomic mass is 9.80. The molecule has 412 valence electrons. The third-order valence-electron chi connectivity index (χ3n) is 17.1. The van der Waals surface area contributed by atoms with E-state index in [1.54, 1.807) is 0 Å². The molecule has 0 saturated carbocycles. The van der Waals surface area contributed by atoms with Crippen LogP contribution < -0.4 is 14.5 Å². The minimum Gasteiger partial charge on any atom is -0.457 e. The fraction of sp³-hybridized carbons (Fsp3) is 0.167. The maximum atomic E-state index is 7.08. The standard InChI is InChI=1S/C78H69N5O/c1-76(2,3)53-41-42-79-73(46-53)83-70-40-37-57(82-68-34-18-16-29-63(68)64-30-17-19-35-69(64)82)48-67(70)65-39-38-60(49-72(65)83)84-59-28-20-27-56(47-59)80-50-81(58-44-54(77(4,5)6)43-55(45-58)78(7,8)9)75-66(33-22-36-71(75)80)74-61(51-23-12-10-13-24-51)31-21-32-62(74)52-25-14-11-15-26-52/h10-49H,50H2,1-9H3. The lowest BCUT2D eigenvalue weighted by Gasteiger charge is -2.30. The van der Waals surface area contributed by atoms with E-state index in [0.29, 0.717) is 6.67 Å². The molecule has 4 heterocycles. The highest BCUT2D eigenvalue weighted by Crippen LogP contribution is 2.54. The van der Waals surface area contributed by atoms with Gasteiger partial charge in [-0.25, -0.2) is 4.98 Å². The van der Waals surface area contributed by atoms with E-state index in [1.165, 1.54) is 83.3 Å². The van der Waals surface area contributed by atoms with Crippen LogP contribution >= 0.6 is 0 Å². The lowest BCUT2D eigenvalue weighted by Crippen LogP contribution is -2.25. The number of hydrogen-bond donors (Lipinski definition) is 0. The molecular formula is C78H69N5O. The Labute approximate surface area is 493 Å². The zero-order valence-corrected chi connectivity index (χ0v) is 49.4. The topological polar surface area (TPSA) is 38.5 Å². The van der Waals surface area contributed by atoms with Crippen LogP contribution in [0.15, 0.2) is 243 Å². The first kappa shape index (κ1) is 52.4. The van der Waals surface area contributed by atoms with Gasteiger partial charge in [0.05, 0.1) is 33.4 Å². The van der Waals surface area contributed by atoms with Crippen molar-refractivity contribution in [3.05, 3.63) is 259 Å². The van der Waals surface area contributed by atoms with Gasteiger partial charge in [-0.1, -0.05) is 202 Å². The molecule has 6 nitrogen and oxygen atoms in total. The molecule has 13 aromatic rings. The maximum Gasteiger partial charge on any atom is 0.137 e. The summed E-state index contributed by atoms with van der Waals surface area (Å²) in [5.41, 5.74) is 20.8. The van der Waals surface area contributed by atoms with E-state index in [-0.39, 0.29) is 16.2 Å². The summed E-state index contributed by atoms with van der Waals surface area (Å²) in [4.78, 5) is 10.1. The van der Waals surface area contributed by atoms with Crippen LogP contribution in [0.5, 0.6) is 11.5 Å². The average molecular weight is 1090 g/mol. The number of fused-ring (bicyclic) bond motifs is 7. The van der Waals surface area contributed by atoms with Gasteiger partial charge in [0.2, 0.25) is 0 Å². The molecule has 0 spiro atoms. The van der Waals surface area contributed by atoms with Gasteiger partial charge in [0.1, 0.15) is 24.0 Å². The lowest BCUT2D eigenvalue weighted by molar-refractivity contribution is 0.483. The second-order valence-corrected chi connectivity index (χ2v) is 25.7. The van der Waals surface area contributed by atoms with Gasteiger partial charge < -0.3 is 19.1 Å². The Balaban J connectivity index is 0.914. The molecule has 0 atom stereocenters. The van der Waals surface area contributed by atoms with Crippen LogP contribution in [0.3, 0.4) is 0 Å². The summed E-state index contributed by atoms with van der Waals surface area (Å²) in [7, 11) is 0. The Hall–Kier alpha value is -9.65. The molecule has 0 aliphatic carbocycles. The first-order valence-electron chi connectivity index (χ1n) is 29.5. The van der Waals surface area contributed by atoms with Crippen molar-refractivity contribution in [2.75, 3.05) is 16.5 Å². The number of nitrogens with zero attached hydrogens (tertiary/aromatic N) is 5. The molecule has 0 unspecified atom stereocenters. The second kappa shape index (κ2) is 20.1. The molecule has 1 aliphatic rings. The third-order valence-corrected chi connectivity index (χ3v) is 17.1. The molecular weight excluding hydrogens is 1020 g/mol. The van der Waals surface area contributed by atoms with Crippen molar-refractivity contribution in [2.45, 2.75) is 78.6 Å². The number of para-hydroxylation sites is 3. The Morgan fingerprint density at radius 2 is 0.917 bits per heavy atom. The van der Waals surface area contributed by atoms with Gasteiger partial charge in [0.25, 0.3) is 0 Å². The summed E-state index contributed by atoms with van der Waals surface area (Å²) < 4.78 is 11.8. The Morgan fingerprint density at radius 1 is 0.357 bits per heavy atom. The summed E-state index contributed by atoms with van der Waals surface area (Å²) >= 11 is 0. The van der Waals surface area contributed by atoms with Gasteiger partial charge in [-0.05, 0) is 146 Å². The predicted molar refractivity (Wildman–Crippen MR) is 354 cm³/mol. The molecule has 0 saturated heterocycles. The van der Waals surface area contributed by atoms with Crippen molar-refractivity contribution in [1.82, 2.24) is 14.1 Å². The Kier molecular flexibility index (Phi) is 12.5. The van der Waals surface area contributed by atoms with Crippen molar-refractivity contribution in [1.29, 1.82) is 0 Å². The normalized spacial score (nSPS) is 13.0. The van der Waals surface area contributed by atoms with E-state index in [2.05, 4.69) is 318 Å². The zero-order chi connectivity index (χ0) is 57.6. The van der Waals surface area contributed by atoms with E-state index in [9.17, 15) is 0 Å². The summed E-state index contributed by atoms with van der Waals surface area (Å²) in [6.07, 6.45) is 1.95. The highest BCUT2D eigenvalue weighted by Gasteiger charge is 2.34. The van der Waals surface area contributed by atoms with E-state index < -0.39 is 0 Å². The number of aromatic nitrogens is 3. The summed E-state index contributed by atoms with van der Waals surface area (Å²) in [5, 5.41) is 4.74. The molecule has 0 radical (unpaired) electrons. The van der Waals surface area contributed by atoms with Gasteiger partial charge in [-0.15, -0.1) is 0 Å². The SMILES string of the molecule is CC(C)(C)c1cc(N2CN(c3cccc(Oc4ccc5c6cc(-n7c8ccccc8c8ccccc87)ccc6n(-c6cc(C(C)(C)C)ccn6)c5c4)c3)c3cccc(-c4c(-c5ccccc5)cccc4-c4ccccc4)c32)cc(C(C)(C)C)c1. The van der Waals surface area contributed by atoms with Crippen LogP contribution in [0, 0.1) is 0 Å². The van der Waals surface area contributed by atoms with E-state index in [0.717, 1.165) is 56.2 Å². The van der Waals surface area contributed by atoms with Crippen molar-refractivity contribution >= 4 is 66.4 Å². The number of hydrogen-bond acceptors (Lipinski definition) is 4. The summed E-state index contributed by atoms with van der Waals surface area (Å²) in [6.45, 7) is 21.3. The summed E-state index contributed by atoms with van der Waals surface area (Å²) in [5.74, 6) is 2.36. The van der Waals surface area contributed by atoms with Crippen molar-refractivity contribution < 1.29 is 4.74 Å². The second-order valence-electron chi connectivity index (χ2n) is 25.7. The quantitative estimate of drug-likeness (QED) is 0.144. The third kappa shape index (κ3) is 9.18. The molecule has 0 amide bonds. The van der Waals surface area contributed by atoms with Crippen LogP contribution in [0.25, 0.3) is 88.5 Å². The van der Waals surface area contributed by atoms with Crippen LogP contribution in [-0.2, 0) is 16.2 Å². The number of anilines is 4. The monoisotopic (exact) mass is 1090 g/mol. The van der Waals surface area contributed by atoms with Gasteiger partial charge in [0.15, 0.2) is 0 Å². The molecule has 84 heavy (non-hydrogen) atoms. The first-order valence-corrected chi connectivity index (χ1v) is 29.5. The number of rotatable bonds is 9. The van der Waals surface area contributed by atoms with Crippen LogP contribution in [-0.4, -0.2) is 20.8 Å². The smallest absolute Gasteiger partial charge is 0.137 e. The molecule has 10 aromatic carbocycles. The van der Waals surface area contributed by atoms with Crippen LogP contribution in [0.4, 0.5) is 22.7 Å². The van der Waals surface area contributed by atoms with Crippen molar-refractivity contribution in [3.63, 3.8) is 0 Å². The van der Waals surface area contributed by atoms with Crippen LogP contribution in [0.2, 0.25) is 0 Å². The zero-order valence-electron chi connectivity index (χ0n) is 49.4. The van der Waals surface area contributed by atoms with Crippen molar-refractivity contribution in [3.8, 4) is 56.4 Å². The van der Waals surface area contributed by atoms with Gasteiger partial charge in [0, 0.05) is 62.5 Å². The van der Waals surface area contributed by atoms with Crippen molar-refractivity contribution in [2.24, 2.45) is 0 Å². The molecule has 14 rings (SSSR count). The number of ether oxygens (including phenoxy) is 1. The van der Waals surface area contributed by atoms with Crippen LogP contribution in [0.1, 0.15) is 79.0 Å². The molecule has 3 aromatic heterocycles. The largest absolute Gasteiger partial charge is 0.457 e. The molecule has 0 bridgehead atoms. The van der Waals surface area contributed by atoms with Gasteiger partial charge in [-0.3, -0.25) is 4.57 Å². The molecule has 0 N–H and O–H groups in total. The predicted octanol–water partition coefficient (Wildman–Crippen LogP) is 21.2.